The van der Waals surface area contributed by atoms with Gasteiger partial charge in [0.15, 0.2) is 0 Å². The van der Waals surface area contributed by atoms with E-state index in [-0.39, 0.29) is 17.1 Å². The number of aliphatic carboxylic acids is 1. The van der Waals surface area contributed by atoms with Crippen LogP contribution < -0.4 is 5.32 Å². The van der Waals surface area contributed by atoms with E-state index in [4.69, 9.17) is 16.7 Å². The molecule has 0 aliphatic rings. The summed E-state index contributed by atoms with van der Waals surface area (Å²) < 4.78 is 0. The highest BCUT2D eigenvalue weighted by atomic mass is 35.5. The summed E-state index contributed by atoms with van der Waals surface area (Å²) in [4.78, 5) is 46.1. The molecule has 0 spiro atoms. The van der Waals surface area contributed by atoms with Crippen LogP contribution in [0.4, 0.5) is 5.69 Å². The molecule has 1 rings (SSSR count). The van der Waals surface area contributed by atoms with Gasteiger partial charge in [-0.3, -0.25) is 24.5 Å². The number of benzene rings is 1. The number of carbonyl (C=O) groups excluding carboxylic acids is 2. The van der Waals surface area contributed by atoms with Crippen LogP contribution in [0.2, 0.25) is 5.02 Å². The van der Waals surface area contributed by atoms with Gasteiger partial charge in [0.25, 0.3) is 11.6 Å². The first-order valence-corrected chi connectivity index (χ1v) is 7.20. The second-order valence-corrected chi connectivity index (χ2v) is 5.49. The summed E-state index contributed by atoms with van der Waals surface area (Å²) in [5.74, 6) is -3.21. The summed E-state index contributed by atoms with van der Waals surface area (Å²) in [7, 11) is 1.39. The summed E-state index contributed by atoms with van der Waals surface area (Å²) >= 11 is 5.82. The predicted octanol–water partition coefficient (Wildman–Crippen LogP) is 1.16. The highest BCUT2D eigenvalue weighted by Crippen LogP contribution is 2.25. The van der Waals surface area contributed by atoms with E-state index in [1.807, 2.05) is 0 Å². The molecule has 1 atom stereocenters. The van der Waals surface area contributed by atoms with Gasteiger partial charge in [0.05, 0.1) is 22.4 Å². The van der Waals surface area contributed by atoms with Gasteiger partial charge in [0.2, 0.25) is 5.91 Å². The lowest BCUT2D eigenvalue weighted by Crippen LogP contribution is -2.41. The maximum Gasteiger partial charge on any atom is 0.308 e. The zero-order valence-corrected chi connectivity index (χ0v) is 13.7. The highest BCUT2D eigenvalue weighted by molar-refractivity contribution is 6.34. The van der Waals surface area contributed by atoms with Crippen molar-refractivity contribution in [3.8, 4) is 0 Å². The molecule has 0 aliphatic carbocycles. The average Bonchev–Trinajstić information content (AvgIpc) is 2.51. The molecule has 0 saturated carbocycles. The Balaban J connectivity index is 2.75. The molecule has 1 aromatic carbocycles. The molecule has 0 fully saturated rings. The average molecular weight is 358 g/mol. The number of likely N-dealkylation sites (N-methyl/N-ethyl adjacent to an activating group) is 1. The minimum atomic E-state index is -1.05. The number of nitrogens with one attached hydrogen (secondary N) is 1. The van der Waals surface area contributed by atoms with Gasteiger partial charge >= 0.3 is 5.97 Å². The molecule has 130 valence electrons. The van der Waals surface area contributed by atoms with E-state index in [2.05, 4.69) is 5.32 Å². The third kappa shape index (κ3) is 4.92. The number of nitro groups is 1. The smallest absolute Gasteiger partial charge is 0.308 e. The molecular weight excluding hydrogens is 342 g/mol. The van der Waals surface area contributed by atoms with Crippen molar-refractivity contribution in [3.05, 3.63) is 38.9 Å². The molecule has 0 saturated heterocycles. The van der Waals surface area contributed by atoms with Gasteiger partial charge in [-0.25, -0.2) is 0 Å². The van der Waals surface area contributed by atoms with Crippen molar-refractivity contribution >= 4 is 35.1 Å². The highest BCUT2D eigenvalue weighted by Gasteiger charge is 2.24. The Bertz CT molecular complexity index is 678. The number of nitrogens with zero attached hydrogens (tertiary/aromatic N) is 2. The Hall–Kier alpha value is -2.68. The van der Waals surface area contributed by atoms with Gasteiger partial charge in [-0.15, -0.1) is 0 Å². The van der Waals surface area contributed by atoms with Crippen LogP contribution in [0.15, 0.2) is 18.2 Å². The van der Waals surface area contributed by atoms with Gasteiger partial charge in [-0.2, -0.15) is 0 Å². The number of carbonyl (C=O) groups is 3. The van der Waals surface area contributed by atoms with Crippen LogP contribution in [0.3, 0.4) is 0 Å². The van der Waals surface area contributed by atoms with Gasteiger partial charge < -0.3 is 15.3 Å². The molecule has 1 aromatic rings. The van der Waals surface area contributed by atoms with E-state index < -0.39 is 40.9 Å². The Morgan fingerprint density at radius 2 is 2.04 bits per heavy atom. The van der Waals surface area contributed by atoms with Crippen molar-refractivity contribution in [2.45, 2.75) is 6.92 Å². The number of amides is 2. The number of halogens is 1. The molecule has 0 radical (unpaired) electrons. The summed E-state index contributed by atoms with van der Waals surface area (Å²) in [6, 6.07) is 3.79. The van der Waals surface area contributed by atoms with Crippen LogP contribution in [0.1, 0.15) is 17.3 Å². The first kappa shape index (κ1) is 19.4. The van der Waals surface area contributed by atoms with Crippen molar-refractivity contribution < 1.29 is 24.4 Å². The fourth-order valence-corrected chi connectivity index (χ4v) is 2.11. The molecule has 9 nitrogen and oxygen atoms in total. The summed E-state index contributed by atoms with van der Waals surface area (Å²) in [5.41, 5.74) is -0.807. The lowest BCUT2D eigenvalue weighted by atomic mass is 10.1. The Kier molecular flexibility index (Phi) is 6.66. The first-order valence-electron chi connectivity index (χ1n) is 6.83. The summed E-state index contributed by atoms with van der Waals surface area (Å²) in [5, 5.41) is 21.9. The maximum atomic E-state index is 12.1. The van der Waals surface area contributed by atoms with Crippen molar-refractivity contribution in [1.29, 1.82) is 0 Å². The number of nitro benzene ring substituents is 1. The SMILES string of the molecule is CC(CN(C)C(=O)CNC(=O)c1c(Cl)cccc1[N+](=O)[O-])C(=O)O. The van der Waals surface area contributed by atoms with Crippen LogP contribution in [0, 0.1) is 16.0 Å². The largest absolute Gasteiger partial charge is 0.481 e. The lowest BCUT2D eigenvalue weighted by Gasteiger charge is -2.19. The minimum Gasteiger partial charge on any atom is -0.481 e. The van der Waals surface area contributed by atoms with E-state index in [0.29, 0.717) is 0 Å². The van der Waals surface area contributed by atoms with Crippen LogP contribution >= 0.6 is 11.6 Å². The fraction of sp³-hybridized carbons (Fsp3) is 0.357. The molecule has 2 amide bonds. The van der Waals surface area contributed by atoms with Crippen LogP contribution in [0.25, 0.3) is 0 Å². The van der Waals surface area contributed by atoms with Crippen molar-refractivity contribution in [2.75, 3.05) is 20.1 Å². The lowest BCUT2D eigenvalue weighted by molar-refractivity contribution is -0.385. The van der Waals surface area contributed by atoms with E-state index >= 15 is 0 Å². The van der Waals surface area contributed by atoms with Gasteiger partial charge in [0, 0.05) is 19.7 Å². The molecule has 0 bridgehead atoms. The normalized spacial score (nSPS) is 11.5. The second kappa shape index (κ2) is 8.25. The predicted molar refractivity (Wildman–Crippen MR) is 84.9 cm³/mol. The Labute approximate surface area is 142 Å². The topological polar surface area (TPSA) is 130 Å². The standard InChI is InChI=1S/C14H16ClN3O6/c1-8(14(21)22)7-17(2)11(19)6-16-13(20)12-9(15)4-3-5-10(12)18(23)24/h3-5,8H,6-7H2,1-2H3,(H,16,20)(H,21,22). The van der Waals surface area contributed by atoms with Crippen LogP contribution in [0.5, 0.6) is 0 Å². The molecule has 2 N–H and O–H groups in total. The van der Waals surface area contributed by atoms with Crippen molar-refractivity contribution in [3.63, 3.8) is 0 Å². The molecular formula is C14H16ClN3O6. The third-order valence-electron chi connectivity index (χ3n) is 3.21. The summed E-state index contributed by atoms with van der Waals surface area (Å²) in [6.07, 6.45) is 0. The van der Waals surface area contributed by atoms with E-state index in [9.17, 15) is 24.5 Å². The number of hydrogen-bond acceptors (Lipinski definition) is 5. The van der Waals surface area contributed by atoms with Crippen molar-refractivity contribution in [2.24, 2.45) is 5.92 Å². The first-order chi connectivity index (χ1) is 11.1. The molecule has 0 heterocycles. The van der Waals surface area contributed by atoms with E-state index in [0.717, 1.165) is 11.0 Å². The zero-order chi connectivity index (χ0) is 18.4. The number of carboxylic acid groups (broad SMARTS) is 1. The number of carboxylic acids is 1. The number of rotatable bonds is 7. The van der Waals surface area contributed by atoms with Crippen LogP contribution in [-0.2, 0) is 9.59 Å². The third-order valence-corrected chi connectivity index (χ3v) is 3.53. The second-order valence-electron chi connectivity index (χ2n) is 5.09. The van der Waals surface area contributed by atoms with Gasteiger partial charge in [-0.1, -0.05) is 24.6 Å². The molecule has 1 unspecified atom stereocenters. The van der Waals surface area contributed by atoms with Crippen LogP contribution in [-0.4, -0.2) is 52.9 Å². The van der Waals surface area contributed by atoms with Gasteiger partial charge in [-0.05, 0) is 6.07 Å². The van der Waals surface area contributed by atoms with Crippen molar-refractivity contribution in [1.82, 2.24) is 10.2 Å². The van der Waals surface area contributed by atoms with Gasteiger partial charge in [0.1, 0.15) is 5.56 Å². The maximum absolute atomic E-state index is 12.1. The molecule has 0 aliphatic heterocycles. The zero-order valence-electron chi connectivity index (χ0n) is 13.0. The fourth-order valence-electron chi connectivity index (χ4n) is 1.86. The molecule has 24 heavy (non-hydrogen) atoms. The molecule has 0 aromatic heterocycles. The monoisotopic (exact) mass is 357 g/mol. The Morgan fingerprint density at radius 1 is 1.42 bits per heavy atom. The Morgan fingerprint density at radius 3 is 2.58 bits per heavy atom. The molecule has 10 heteroatoms. The minimum absolute atomic E-state index is 0.0315. The quantitative estimate of drug-likeness (QED) is 0.556. The summed E-state index contributed by atoms with van der Waals surface area (Å²) in [6.45, 7) is 0.970. The van der Waals surface area contributed by atoms with E-state index in [1.54, 1.807) is 0 Å². The number of hydrogen-bond donors (Lipinski definition) is 2. The van der Waals surface area contributed by atoms with E-state index in [1.165, 1.54) is 26.1 Å².